The molecule has 1 N–H and O–H groups in total. The summed E-state index contributed by atoms with van der Waals surface area (Å²) in [5, 5.41) is 9.52. The minimum atomic E-state index is -0.0719. The summed E-state index contributed by atoms with van der Waals surface area (Å²) >= 11 is 7.33. The summed E-state index contributed by atoms with van der Waals surface area (Å²) in [6.07, 6.45) is 3.87. The molecule has 0 unspecified atom stereocenters. The fourth-order valence-corrected chi connectivity index (χ4v) is 4.19. The molecule has 4 aromatic rings. The van der Waals surface area contributed by atoms with Crippen molar-refractivity contribution in [2.24, 2.45) is 0 Å². The lowest BCUT2D eigenvalue weighted by Crippen LogP contribution is -2.27. The number of halogens is 1. The van der Waals surface area contributed by atoms with Crippen LogP contribution in [0.15, 0.2) is 60.0 Å². The van der Waals surface area contributed by atoms with E-state index in [9.17, 15) is 4.79 Å². The lowest BCUT2D eigenvalue weighted by molar-refractivity contribution is -0.118. The molecule has 1 amide bonds. The lowest BCUT2D eigenvalue weighted by atomic mass is 10.1. The van der Waals surface area contributed by atoms with E-state index < -0.39 is 0 Å². The number of nitrogens with zero attached hydrogens (tertiary/aromatic N) is 4. The third kappa shape index (κ3) is 5.37. The number of nitrogens with one attached hydrogen (secondary N) is 1. The fourth-order valence-electron chi connectivity index (χ4n) is 3.28. The average Bonchev–Trinajstić information content (AvgIpc) is 3.28. The smallest absolute Gasteiger partial charge is 0.230 e. The summed E-state index contributed by atoms with van der Waals surface area (Å²) in [4.78, 5) is 21.1. The number of hydrogen-bond donors (Lipinski definition) is 1. The van der Waals surface area contributed by atoms with E-state index in [0.29, 0.717) is 40.2 Å². The highest BCUT2D eigenvalue weighted by Gasteiger charge is 2.13. The van der Waals surface area contributed by atoms with Gasteiger partial charge in [-0.05, 0) is 48.4 Å². The predicted octanol–water partition coefficient (Wildman–Crippen LogP) is 3.94. The normalized spacial score (nSPS) is 10.9. The number of benzene rings is 2. The maximum Gasteiger partial charge on any atom is 0.230 e. The third-order valence-electron chi connectivity index (χ3n) is 4.92. The second-order valence-electron chi connectivity index (χ2n) is 7.03. The predicted molar refractivity (Wildman–Crippen MR) is 129 cm³/mol. The van der Waals surface area contributed by atoms with Crippen LogP contribution in [0.3, 0.4) is 0 Å². The first-order chi connectivity index (χ1) is 16.1. The minimum absolute atomic E-state index is 0.0719. The van der Waals surface area contributed by atoms with Crippen molar-refractivity contribution < 1.29 is 14.3 Å². The molecule has 2 aromatic carbocycles. The third-order valence-corrected chi connectivity index (χ3v) is 6.18. The molecule has 0 radical (unpaired) electrons. The van der Waals surface area contributed by atoms with Gasteiger partial charge in [-0.3, -0.25) is 4.79 Å². The van der Waals surface area contributed by atoms with Crippen molar-refractivity contribution in [2.45, 2.75) is 11.4 Å². The van der Waals surface area contributed by atoms with Gasteiger partial charge in [-0.1, -0.05) is 29.4 Å². The Morgan fingerprint density at radius 2 is 1.88 bits per heavy atom. The molecule has 0 atom stereocenters. The fraction of sp³-hybridized carbons (Fsp3) is 0.217. The van der Waals surface area contributed by atoms with Crippen molar-refractivity contribution in [1.82, 2.24) is 25.1 Å². The van der Waals surface area contributed by atoms with Crippen molar-refractivity contribution in [1.29, 1.82) is 0 Å². The molecule has 2 heterocycles. The Morgan fingerprint density at radius 3 is 2.64 bits per heavy atom. The molecule has 10 heteroatoms. The number of methoxy groups -OCH3 is 2. The van der Waals surface area contributed by atoms with Gasteiger partial charge in [-0.25, -0.2) is 14.6 Å². The molecule has 0 aliphatic carbocycles. The van der Waals surface area contributed by atoms with Gasteiger partial charge in [0.25, 0.3) is 0 Å². The Kier molecular flexibility index (Phi) is 7.31. The number of rotatable bonds is 9. The second kappa shape index (κ2) is 10.5. The Hall–Kier alpha value is -3.30. The van der Waals surface area contributed by atoms with E-state index in [0.717, 1.165) is 16.6 Å². The average molecular weight is 484 g/mol. The summed E-state index contributed by atoms with van der Waals surface area (Å²) in [6, 6.07) is 13.1. The highest BCUT2D eigenvalue weighted by molar-refractivity contribution is 8.00. The zero-order valence-corrected chi connectivity index (χ0v) is 19.7. The molecule has 0 aliphatic rings. The number of fused-ring (bicyclic) bond motifs is 1. The Morgan fingerprint density at radius 1 is 1.09 bits per heavy atom. The second-order valence-corrected chi connectivity index (χ2v) is 8.43. The number of amides is 1. The molecule has 0 fully saturated rings. The van der Waals surface area contributed by atoms with Gasteiger partial charge in [0.1, 0.15) is 11.4 Å². The molecule has 0 saturated heterocycles. The summed E-state index contributed by atoms with van der Waals surface area (Å²) in [5.41, 5.74) is 2.56. The molecule has 2 aromatic heterocycles. The van der Waals surface area contributed by atoms with Crippen LogP contribution < -0.4 is 14.8 Å². The van der Waals surface area contributed by atoms with E-state index in [1.165, 1.54) is 18.1 Å². The first-order valence-corrected chi connectivity index (χ1v) is 11.5. The summed E-state index contributed by atoms with van der Waals surface area (Å²) in [6.45, 7) is 0.516. The van der Waals surface area contributed by atoms with Gasteiger partial charge >= 0.3 is 0 Å². The number of hydrogen-bond acceptors (Lipinski definition) is 7. The standard InChI is InChI=1S/C23H22ClN5O3S/c1-31-19-8-3-15(11-20(19)32-2)9-10-25-21(30)13-33-23-18-12-28-29(22(18)26-14-27-23)17-6-4-16(24)5-7-17/h3-8,11-12,14H,9-10,13H2,1-2H3,(H,25,30). The molecule has 0 aliphatic heterocycles. The Balaban J connectivity index is 1.35. The zero-order valence-electron chi connectivity index (χ0n) is 18.1. The first kappa shape index (κ1) is 22.9. The van der Waals surface area contributed by atoms with Gasteiger partial charge in [0.05, 0.1) is 37.2 Å². The molecule has 0 saturated carbocycles. The lowest BCUT2D eigenvalue weighted by Gasteiger charge is -2.10. The van der Waals surface area contributed by atoms with Crippen molar-refractivity contribution in [3.8, 4) is 17.2 Å². The maximum atomic E-state index is 12.4. The molecule has 0 spiro atoms. The van der Waals surface area contributed by atoms with E-state index in [4.69, 9.17) is 21.1 Å². The van der Waals surface area contributed by atoms with Crippen LogP contribution in [0, 0.1) is 0 Å². The molecule has 33 heavy (non-hydrogen) atoms. The first-order valence-electron chi connectivity index (χ1n) is 10.1. The van der Waals surface area contributed by atoms with E-state index >= 15 is 0 Å². The number of carbonyl (C=O) groups is 1. The van der Waals surface area contributed by atoms with E-state index in [1.54, 1.807) is 37.2 Å². The van der Waals surface area contributed by atoms with Crippen LogP contribution in [-0.2, 0) is 11.2 Å². The van der Waals surface area contributed by atoms with Crippen LogP contribution in [-0.4, -0.2) is 52.2 Å². The van der Waals surface area contributed by atoms with Gasteiger partial charge in [0, 0.05) is 11.6 Å². The van der Waals surface area contributed by atoms with Crippen LogP contribution in [0.25, 0.3) is 16.7 Å². The molecule has 4 rings (SSSR count). The highest BCUT2D eigenvalue weighted by Crippen LogP contribution is 2.28. The monoisotopic (exact) mass is 483 g/mol. The topological polar surface area (TPSA) is 91.2 Å². The SMILES string of the molecule is COc1ccc(CCNC(=O)CSc2ncnc3c2cnn3-c2ccc(Cl)cc2)cc1OC. The highest BCUT2D eigenvalue weighted by atomic mass is 35.5. The number of aromatic nitrogens is 4. The summed E-state index contributed by atoms with van der Waals surface area (Å²) in [5.74, 6) is 1.52. The summed E-state index contributed by atoms with van der Waals surface area (Å²) in [7, 11) is 3.20. The Labute approximate surface area is 200 Å². The van der Waals surface area contributed by atoms with E-state index in [1.807, 2.05) is 30.3 Å². The molecular weight excluding hydrogens is 462 g/mol. The molecular formula is C23H22ClN5O3S. The van der Waals surface area contributed by atoms with Crippen LogP contribution in [0.1, 0.15) is 5.56 Å². The number of ether oxygens (including phenoxy) is 2. The number of thioether (sulfide) groups is 1. The quantitative estimate of drug-likeness (QED) is 0.285. The van der Waals surface area contributed by atoms with Crippen molar-refractivity contribution in [3.05, 3.63) is 65.6 Å². The van der Waals surface area contributed by atoms with Gasteiger partial charge in [0.15, 0.2) is 17.1 Å². The van der Waals surface area contributed by atoms with Crippen molar-refractivity contribution in [3.63, 3.8) is 0 Å². The largest absolute Gasteiger partial charge is 0.493 e. The van der Waals surface area contributed by atoms with Gasteiger partial charge < -0.3 is 14.8 Å². The maximum absolute atomic E-state index is 12.4. The number of carbonyl (C=O) groups excluding carboxylic acids is 1. The molecule has 170 valence electrons. The van der Waals surface area contributed by atoms with Crippen molar-refractivity contribution >= 4 is 40.3 Å². The van der Waals surface area contributed by atoms with Gasteiger partial charge in [-0.15, -0.1) is 0 Å². The molecule has 8 nitrogen and oxygen atoms in total. The Bertz CT molecular complexity index is 1260. The van der Waals surface area contributed by atoms with Crippen LogP contribution in [0.5, 0.6) is 11.5 Å². The molecule has 0 bridgehead atoms. The van der Waals surface area contributed by atoms with Gasteiger partial charge in [-0.2, -0.15) is 5.10 Å². The zero-order chi connectivity index (χ0) is 23.2. The van der Waals surface area contributed by atoms with Crippen molar-refractivity contribution in [2.75, 3.05) is 26.5 Å². The van der Waals surface area contributed by atoms with Crippen LogP contribution >= 0.6 is 23.4 Å². The van der Waals surface area contributed by atoms with E-state index in [-0.39, 0.29) is 11.7 Å². The van der Waals surface area contributed by atoms with Crippen LogP contribution in [0.4, 0.5) is 0 Å². The van der Waals surface area contributed by atoms with E-state index in [2.05, 4.69) is 20.4 Å². The minimum Gasteiger partial charge on any atom is -0.493 e. The van der Waals surface area contributed by atoms with Gasteiger partial charge in [0.2, 0.25) is 5.91 Å². The van der Waals surface area contributed by atoms with Crippen LogP contribution in [0.2, 0.25) is 5.02 Å². The summed E-state index contributed by atoms with van der Waals surface area (Å²) < 4.78 is 12.3.